The van der Waals surface area contributed by atoms with Crippen molar-refractivity contribution in [1.82, 2.24) is 10.6 Å². The van der Waals surface area contributed by atoms with Crippen molar-refractivity contribution < 1.29 is 4.79 Å². The molecule has 2 fully saturated rings. The standard InChI is InChI=1S/C18H26N2O.ClH/c1-12-3-5-15(6-4-12)13(2)19-18(21)11-14-9-16-7-8-17(10-14)20-16;/h3-6,13-14,16-17,20H,7-11H2,1-2H3,(H,19,21);1H. The lowest BCUT2D eigenvalue weighted by Crippen LogP contribution is -2.40. The van der Waals surface area contributed by atoms with E-state index in [4.69, 9.17) is 0 Å². The van der Waals surface area contributed by atoms with Crippen molar-refractivity contribution in [3.8, 4) is 0 Å². The molecule has 2 heterocycles. The number of piperidine rings is 1. The molecule has 0 aliphatic carbocycles. The lowest BCUT2D eigenvalue weighted by Gasteiger charge is -2.29. The highest BCUT2D eigenvalue weighted by Gasteiger charge is 2.34. The molecule has 3 atom stereocenters. The number of carbonyl (C=O) groups excluding carboxylic acids is 1. The van der Waals surface area contributed by atoms with Crippen LogP contribution in [0.3, 0.4) is 0 Å². The third kappa shape index (κ3) is 4.23. The Hall–Kier alpha value is -1.06. The van der Waals surface area contributed by atoms with Gasteiger partial charge in [-0.05, 0) is 51.0 Å². The Morgan fingerprint density at radius 3 is 2.41 bits per heavy atom. The van der Waals surface area contributed by atoms with Gasteiger partial charge in [-0.15, -0.1) is 12.4 Å². The summed E-state index contributed by atoms with van der Waals surface area (Å²) in [5.41, 5.74) is 2.43. The Bertz CT molecular complexity index is 490. The van der Waals surface area contributed by atoms with Gasteiger partial charge in [-0.1, -0.05) is 29.8 Å². The molecule has 0 aromatic heterocycles. The van der Waals surface area contributed by atoms with E-state index in [0.29, 0.717) is 24.4 Å². The molecule has 0 saturated carbocycles. The van der Waals surface area contributed by atoms with E-state index in [1.165, 1.54) is 36.8 Å². The second kappa shape index (κ2) is 7.47. The number of amides is 1. The number of rotatable bonds is 4. The number of carbonyl (C=O) groups is 1. The summed E-state index contributed by atoms with van der Waals surface area (Å²) < 4.78 is 0. The van der Waals surface area contributed by atoms with Crippen LogP contribution in [-0.2, 0) is 4.79 Å². The number of aryl methyl sites for hydroxylation is 1. The van der Waals surface area contributed by atoms with Crippen LogP contribution in [0.5, 0.6) is 0 Å². The van der Waals surface area contributed by atoms with Crippen molar-refractivity contribution in [3.63, 3.8) is 0 Å². The van der Waals surface area contributed by atoms with Crippen molar-refractivity contribution in [1.29, 1.82) is 0 Å². The molecule has 3 unspecified atom stereocenters. The van der Waals surface area contributed by atoms with Crippen LogP contribution in [0.4, 0.5) is 0 Å². The summed E-state index contributed by atoms with van der Waals surface area (Å²) in [5.74, 6) is 0.767. The van der Waals surface area contributed by atoms with Crippen molar-refractivity contribution >= 4 is 18.3 Å². The fourth-order valence-electron chi connectivity index (χ4n) is 3.84. The first-order valence-electron chi connectivity index (χ1n) is 8.22. The van der Waals surface area contributed by atoms with Crippen LogP contribution >= 0.6 is 12.4 Å². The molecule has 3 nitrogen and oxygen atoms in total. The van der Waals surface area contributed by atoms with E-state index in [1.54, 1.807) is 0 Å². The molecule has 0 radical (unpaired) electrons. The van der Waals surface area contributed by atoms with Crippen LogP contribution in [0, 0.1) is 12.8 Å². The SMILES string of the molecule is Cc1ccc(C(C)NC(=O)CC2CC3CCC(C2)N3)cc1.Cl. The molecule has 2 aliphatic rings. The molecule has 1 aromatic carbocycles. The second-order valence-corrected chi connectivity index (χ2v) is 6.88. The van der Waals surface area contributed by atoms with Gasteiger partial charge >= 0.3 is 0 Å². The summed E-state index contributed by atoms with van der Waals surface area (Å²) in [6, 6.07) is 9.82. The fourth-order valence-corrected chi connectivity index (χ4v) is 3.84. The summed E-state index contributed by atoms with van der Waals surface area (Å²) in [4.78, 5) is 12.3. The zero-order valence-corrected chi connectivity index (χ0v) is 14.3. The normalized spacial score (nSPS) is 27.8. The maximum atomic E-state index is 12.3. The number of halogens is 1. The second-order valence-electron chi connectivity index (χ2n) is 6.88. The molecule has 4 heteroatoms. The van der Waals surface area contributed by atoms with Gasteiger partial charge in [-0.3, -0.25) is 4.79 Å². The van der Waals surface area contributed by atoms with Crippen LogP contribution in [-0.4, -0.2) is 18.0 Å². The molecule has 2 saturated heterocycles. The van der Waals surface area contributed by atoms with Crippen LogP contribution in [0.2, 0.25) is 0 Å². The van der Waals surface area contributed by atoms with Crippen molar-refractivity contribution in [2.24, 2.45) is 5.92 Å². The van der Waals surface area contributed by atoms with E-state index in [9.17, 15) is 4.79 Å². The van der Waals surface area contributed by atoms with E-state index < -0.39 is 0 Å². The summed E-state index contributed by atoms with van der Waals surface area (Å²) in [6.45, 7) is 4.15. The number of hydrogen-bond acceptors (Lipinski definition) is 2. The number of benzene rings is 1. The number of nitrogens with one attached hydrogen (secondary N) is 2. The zero-order chi connectivity index (χ0) is 14.8. The third-order valence-corrected chi connectivity index (χ3v) is 5.00. The average molecular weight is 323 g/mol. The van der Waals surface area contributed by atoms with Crippen LogP contribution in [0.15, 0.2) is 24.3 Å². The van der Waals surface area contributed by atoms with Crippen molar-refractivity contribution in [2.75, 3.05) is 0 Å². The first-order chi connectivity index (χ1) is 10.1. The van der Waals surface area contributed by atoms with E-state index >= 15 is 0 Å². The van der Waals surface area contributed by atoms with Gasteiger partial charge in [0.2, 0.25) is 5.91 Å². The Balaban J connectivity index is 0.00000176. The van der Waals surface area contributed by atoms with Crippen LogP contribution in [0.25, 0.3) is 0 Å². The quantitative estimate of drug-likeness (QED) is 0.890. The van der Waals surface area contributed by atoms with Gasteiger partial charge in [-0.2, -0.15) is 0 Å². The Labute approximate surface area is 139 Å². The Morgan fingerprint density at radius 2 is 1.82 bits per heavy atom. The van der Waals surface area contributed by atoms with Crippen molar-refractivity contribution in [2.45, 2.75) is 64.1 Å². The third-order valence-electron chi connectivity index (χ3n) is 5.00. The number of fused-ring (bicyclic) bond motifs is 2. The van der Waals surface area contributed by atoms with Gasteiger partial charge in [-0.25, -0.2) is 0 Å². The molecular weight excluding hydrogens is 296 g/mol. The minimum atomic E-state index is 0. The molecule has 2 aliphatic heterocycles. The maximum absolute atomic E-state index is 12.3. The van der Waals surface area contributed by atoms with Gasteiger partial charge in [0.25, 0.3) is 0 Å². The highest BCUT2D eigenvalue weighted by Crippen LogP contribution is 2.32. The van der Waals surface area contributed by atoms with Crippen LogP contribution in [0.1, 0.15) is 56.2 Å². The lowest BCUT2D eigenvalue weighted by molar-refractivity contribution is -0.122. The predicted molar refractivity (Wildman–Crippen MR) is 92.3 cm³/mol. The summed E-state index contributed by atoms with van der Waals surface area (Å²) in [6.07, 6.45) is 5.61. The molecule has 3 rings (SSSR count). The van der Waals surface area contributed by atoms with Crippen LogP contribution < -0.4 is 10.6 Å². The fraction of sp³-hybridized carbons (Fsp3) is 0.611. The Morgan fingerprint density at radius 1 is 1.23 bits per heavy atom. The monoisotopic (exact) mass is 322 g/mol. The molecule has 0 spiro atoms. The largest absolute Gasteiger partial charge is 0.350 e. The van der Waals surface area contributed by atoms with E-state index in [-0.39, 0.29) is 24.4 Å². The highest BCUT2D eigenvalue weighted by molar-refractivity contribution is 5.85. The minimum absolute atomic E-state index is 0. The van der Waals surface area contributed by atoms with Gasteiger partial charge < -0.3 is 10.6 Å². The predicted octanol–water partition coefficient (Wildman–Crippen LogP) is 3.51. The smallest absolute Gasteiger partial charge is 0.220 e. The molecule has 22 heavy (non-hydrogen) atoms. The van der Waals surface area contributed by atoms with Gasteiger partial charge in [0, 0.05) is 18.5 Å². The van der Waals surface area contributed by atoms with E-state index in [0.717, 1.165) is 0 Å². The molecule has 1 amide bonds. The zero-order valence-electron chi connectivity index (χ0n) is 13.5. The van der Waals surface area contributed by atoms with Gasteiger partial charge in [0.1, 0.15) is 0 Å². The van der Waals surface area contributed by atoms with Crippen molar-refractivity contribution in [3.05, 3.63) is 35.4 Å². The summed E-state index contributed by atoms with van der Waals surface area (Å²) >= 11 is 0. The lowest BCUT2D eigenvalue weighted by atomic mass is 9.89. The number of hydrogen-bond donors (Lipinski definition) is 2. The first kappa shape index (κ1) is 17.3. The average Bonchev–Trinajstić information content (AvgIpc) is 2.78. The van der Waals surface area contributed by atoms with Gasteiger partial charge in [0.05, 0.1) is 6.04 Å². The topological polar surface area (TPSA) is 41.1 Å². The summed E-state index contributed by atoms with van der Waals surface area (Å²) in [5, 5.41) is 6.79. The highest BCUT2D eigenvalue weighted by atomic mass is 35.5. The van der Waals surface area contributed by atoms with E-state index in [2.05, 4.69) is 48.7 Å². The maximum Gasteiger partial charge on any atom is 0.220 e. The molecular formula is C18H27ClN2O. The molecule has 2 N–H and O–H groups in total. The van der Waals surface area contributed by atoms with E-state index in [1.807, 2.05) is 0 Å². The molecule has 2 bridgehead atoms. The first-order valence-corrected chi connectivity index (χ1v) is 8.22. The van der Waals surface area contributed by atoms with Gasteiger partial charge in [0.15, 0.2) is 0 Å². The summed E-state index contributed by atoms with van der Waals surface area (Å²) in [7, 11) is 0. The molecule has 122 valence electrons. The minimum Gasteiger partial charge on any atom is -0.350 e. The molecule has 1 aromatic rings. The Kier molecular flexibility index (Phi) is 5.87.